The van der Waals surface area contributed by atoms with Crippen molar-refractivity contribution in [2.75, 3.05) is 31.7 Å². The van der Waals surface area contributed by atoms with E-state index in [9.17, 15) is 4.39 Å². The van der Waals surface area contributed by atoms with Gasteiger partial charge in [0.15, 0.2) is 5.13 Å². The summed E-state index contributed by atoms with van der Waals surface area (Å²) in [5.74, 6) is -0.225. The average Bonchev–Trinajstić information content (AvgIpc) is 2.95. The first-order valence-corrected chi connectivity index (χ1v) is 7.73. The molecule has 0 unspecified atom stereocenters. The third-order valence-electron chi connectivity index (χ3n) is 3.01. The van der Waals surface area contributed by atoms with Crippen LogP contribution in [0, 0.1) is 5.82 Å². The molecule has 4 nitrogen and oxygen atoms in total. The molecule has 0 aliphatic carbocycles. The second-order valence-electron chi connectivity index (χ2n) is 4.50. The molecule has 1 aromatic heterocycles. The van der Waals surface area contributed by atoms with Gasteiger partial charge in [-0.05, 0) is 31.2 Å². The van der Waals surface area contributed by atoms with Crippen molar-refractivity contribution in [1.82, 2.24) is 10.3 Å². The SMILES string of the molecule is CCN(c1ccc(F)cc1)c1ncc(CNCCOC)s1. The van der Waals surface area contributed by atoms with E-state index in [4.69, 9.17) is 4.74 Å². The number of methoxy groups -OCH3 is 1. The van der Waals surface area contributed by atoms with Crippen LogP contribution >= 0.6 is 11.3 Å². The summed E-state index contributed by atoms with van der Waals surface area (Å²) in [6.07, 6.45) is 1.88. The van der Waals surface area contributed by atoms with Crippen molar-refractivity contribution < 1.29 is 9.13 Å². The molecule has 2 rings (SSSR count). The van der Waals surface area contributed by atoms with E-state index in [2.05, 4.69) is 22.1 Å². The lowest BCUT2D eigenvalue weighted by atomic mass is 10.3. The van der Waals surface area contributed by atoms with Crippen molar-refractivity contribution in [3.05, 3.63) is 41.2 Å². The Bertz CT molecular complexity index is 544. The van der Waals surface area contributed by atoms with Gasteiger partial charge in [-0.1, -0.05) is 0 Å². The molecule has 2 aromatic rings. The lowest BCUT2D eigenvalue weighted by Gasteiger charge is -2.19. The van der Waals surface area contributed by atoms with E-state index in [-0.39, 0.29) is 5.82 Å². The normalized spacial score (nSPS) is 10.8. The molecule has 0 fully saturated rings. The minimum Gasteiger partial charge on any atom is -0.383 e. The molecule has 0 atom stereocenters. The van der Waals surface area contributed by atoms with Gasteiger partial charge >= 0.3 is 0 Å². The van der Waals surface area contributed by atoms with E-state index in [0.717, 1.165) is 30.5 Å². The van der Waals surface area contributed by atoms with Gasteiger partial charge in [-0.3, -0.25) is 0 Å². The van der Waals surface area contributed by atoms with E-state index in [1.165, 1.54) is 17.0 Å². The molecule has 0 spiro atoms. The molecule has 1 N–H and O–H groups in total. The van der Waals surface area contributed by atoms with Gasteiger partial charge in [-0.2, -0.15) is 0 Å². The minimum absolute atomic E-state index is 0.225. The minimum atomic E-state index is -0.225. The van der Waals surface area contributed by atoms with Crippen LogP contribution in [0.2, 0.25) is 0 Å². The lowest BCUT2D eigenvalue weighted by molar-refractivity contribution is 0.199. The molecule has 21 heavy (non-hydrogen) atoms. The fraction of sp³-hybridized carbons (Fsp3) is 0.400. The molecular weight excluding hydrogens is 289 g/mol. The number of hydrogen-bond donors (Lipinski definition) is 1. The summed E-state index contributed by atoms with van der Waals surface area (Å²) < 4.78 is 18.0. The monoisotopic (exact) mass is 309 g/mol. The zero-order valence-electron chi connectivity index (χ0n) is 12.3. The summed E-state index contributed by atoms with van der Waals surface area (Å²) in [6, 6.07) is 6.49. The summed E-state index contributed by atoms with van der Waals surface area (Å²) in [4.78, 5) is 7.70. The number of rotatable bonds is 8. The zero-order chi connectivity index (χ0) is 15.1. The quantitative estimate of drug-likeness (QED) is 0.760. The summed E-state index contributed by atoms with van der Waals surface area (Å²) in [7, 11) is 1.69. The van der Waals surface area contributed by atoms with E-state index in [0.29, 0.717) is 6.61 Å². The van der Waals surface area contributed by atoms with Gasteiger partial charge in [0.2, 0.25) is 0 Å². The van der Waals surface area contributed by atoms with E-state index >= 15 is 0 Å². The molecule has 0 amide bonds. The molecule has 0 aliphatic rings. The van der Waals surface area contributed by atoms with E-state index in [1.54, 1.807) is 30.6 Å². The summed E-state index contributed by atoms with van der Waals surface area (Å²) in [5, 5.41) is 4.22. The summed E-state index contributed by atoms with van der Waals surface area (Å²) in [6.45, 7) is 5.14. The maximum absolute atomic E-state index is 13.0. The van der Waals surface area contributed by atoms with Crippen molar-refractivity contribution in [2.45, 2.75) is 13.5 Å². The van der Waals surface area contributed by atoms with Crippen LogP contribution in [0.5, 0.6) is 0 Å². The molecular formula is C15H20FN3OS. The van der Waals surface area contributed by atoms with Gasteiger partial charge in [-0.25, -0.2) is 9.37 Å². The maximum atomic E-state index is 13.0. The standard InChI is InChI=1S/C15H20FN3OS/c1-3-19(13-6-4-12(16)5-7-13)15-18-11-14(21-15)10-17-8-9-20-2/h4-7,11,17H,3,8-10H2,1-2H3. The third kappa shape index (κ3) is 4.49. The first-order valence-electron chi connectivity index (χ1n) is 6.92. The largest absolute Gasteiger partial charge is 0.383 e. The fourth-order valence-electron chi connectivity index (χ4n) is 1.94. The van der Waals surface area contributed by atoms with Crippen LogP contribution < -0.4 is 10.2 Å². The van der Waals surface area contributed by atoms with E-state index < -0.39 is 0 Å². The maximum Gasteiger partial charge on any atom is 0.190 e. The van der Waals surface area contributed by atoms with Gasteiger partial charge < -0.3 is 15.0 Å². The van der Waals surface area contributed by atoms with Crippen LogP contribution in [0.1, 0.15) is 11.8 Å². The molecule has 0 radical (unpaired) electrons. The Morgan fingerprint density at radius 2 is 2.10 bits per heavy atom. The number of ether oxygens (including phenoxy) is 1. The third-order valence-corrected chi connectivity index (χ3v) is 4.03. The number of nitrogens with zero attached hydrogens (tertiary/aromatic N) is 2. The second-order valence-corrected chi connectivity index (χ2v) is 5.59. The fourth-order valence-corrected chi connectivity index (χ4v) is 2.90. The molecule has 0 aliphatic heterocycles. The van der Waals surface area contributed by atoms with Crippen LogP contribution in [0.15, 0.2) is 30.5 Å². The van der Waals surface area contributed by atoms with Crippen molar-refractivity contribution in [2.24, 2.45) is 0 Å². The molecule has 6 heteroatoms. The first-order chi connectivity index (χ1) is 10.2. The number of halogens is 1. The lowest BCUT2D eigenvalue weighted by Crippen LogP contribution is -2.17. The number of hydrogen-bond acceptors (Lipinski definition) is 5. The second kappa shape index (κ2) is 8.07. The van der Waals surface area contributed by atoms with Crippen molar-refractivity contribution in [3.8, 4) is 0 Å². The Hall–Kier alpha value is -1.50. The van der Waals surface area contributed by atoms with Crippen LogP contribution in [0.4, 0.5) is 15.2 Å². The van der Waals surface area contributed by atoms with E-state index in [1.807, 2.05) is 6.20 Å². The number of thiazole rings is 1. The topological polar surface area (TPSA) is 37.4 Å². The van der Waals surface area contributed by atoms with Gasteiger partial charge in [0, 0.05) is 43.5 Å². The summed E-state index contributed by atoms with van der Waals surface area (Å²) in [5.41, 5.74) is 0.951. The number of benzene rings is 1. The average molecular weight is 309 g/mol. The van der Waals surface area contributed by atoms with Crippen LogP contribution in [-0.2, 0) is 11.3 Å². The molecule has 0 saturated carbocycles. The smallest absolute Gasteiger partial charge is 0.190 e. The first kappa shape index (κ1) is 15.9. The Morgan fingerprint density at radius 1 is 1.33 bits per heavy atom. The Morgan fingerprint density at radius 3 is 2.76 bits per heavy atom. The molecule has 1 heterocycles. The van der Waals surface area contributed by atoms with Crippen molar-refractivity contribution in [3.63, 3.8) is 0 Å². The van der Waals surface area contributed by atoms with Gasteiger partial charge in [-0.15, -0.1) is 11.3 Å². The zero-order valence-corrected chi connectivity index (χ0v) is 13.1. The van der Waals surface area contributed by atoms with Crippen LogP contribution in [0.25, 0.3) is 0 Å². The Balaban J connectivity index is 2.02. The highest BCUT2D eigenvalue weighted by atomic mass is 32.1. The highest BCUT2D eigenvalue weighted by molar-refractivity contribution is 7.15. The van der Waals surface area contributed by atoms with Crippen LogP contribution in [-0.4, -0.2) is 31.8 Å². The predicted octanol–water partition coefficient (Wildman–Crippen LogP) is 3.18. The Labute approximate surface area is 128 Å². The van der Waals surface area contributed by atoms with Crippen LogP contribution in [0.3, 0.4) is 0 Å². The predicted molar refractivity (Wildman–Crippen MR) is 84.8 cm³/mol. The Kier molecular flexibility index (Phi) is 6.10. The number of anilines is 2. The molecule has 1 aromatic carbocycles. The molecule has 114 valence electrons. The highest BCUT2D eigenvalue weighted by Gasteiger charge is 2.11. The van der Waals surface area contributed by atoms with Gasteiger partial charge in [0.05, 0.1) is 6.61 Å². The highest BCUT2D eigenvalue weighted by Crippen LogP contribution is 2.29. The van der Waals surface area contributed by atoms with Gasteiger partial charge in [0.25, 0.3) is 0 Å². The summed E-state index contributed by atoms with van der Waals surface area (Å²) >= 11 is 1.64. The van der Waals surface area contributed by atoms with Crippen molar-refractivity contribution >= 4 is 22.2 Å². The van der Waals surface area contributed by atoms with Crippen molar-refractivity contribution in [1.29, 1.82) is 0 Å². The number of nitrogens with one attached hydrogen (secondary N) is 1. The van der Waals surface area contributed by atoms with Gasteiger partial charge in [0.1, 0.15) is 5.82 Å². The molecule has 0 bridgehead atoms. The molecule has 0 saturated heterocycles. The number of aromatic nitrogens is 1.